The normalized spacial score (nSPS) is 10.9. The number of nitrogen functional groups attached to an aromatic ring is 1. The Labute approximate surface area is 171 Å². The SMILES string of the molecule is COc1cc(Nc2nc(N)nn2-c2nc3c(C)cccc3s2)cc(OC)c1OC. The average molecular weight is 412 g/mol. The minimum Gasteiger partial charge on any atom is -0.493 e. The van der Waals surface area contributed by atoms with E-state index in [0.717, 1.165) is 15.8 Å². The Balaban J connectivity index is 1.77. The second-order valence-corrected chi connectivity index (χ2v) is 7.17. The van der Waals surface area contributed by atoms with E-state index in [0.29, 0.717) is 34.0 Å². The Morgan fingerprint density at radius 2 is 1.76 bits per heavy atom. The molecule has 0 saturated carbocycles. The molecule has 2 aromatic heterocycles. The molecule has 4 rings (SSSR count). The third-order valence-electron chi connectivity index (χ3n) is 4.34. The van der Waals surface area contributed by atoms with E-state index in [2.05, 4.69) is 15.4 Å². The summed E-state index contributed by atoms with van der Waals surface area (Å²) >= 11 is 1.51. The number of aromatic nitrogens is 4. The van der Waals surface area contributed by atoms with Gasteiger partial charge in [-0.2, -0.15) is 9.67 Å². The van der Waals surface area contributed by atoms with Gasteiger partial charge in [-0.3, -0.25) is 0 Å². The van der Waals surface area contributed by atoms with E-state index in [4.69, 9.17) is 24.9 Å². The third-order valence-corrected chi connectivity index (χ3v) is 5.33. The predicted molar refractivity (Wildman–Crippen MR) is 113 cm³/mol. The molecule has 0 amide bonds. The Hall–Kier alpha value is -3.53. The van der Waals surface area contributed by atoms with E-state index in [-0.39, 0.29) is 5.95 Å². The first-order chi connectivity index (χ1) is 14.0. The summed E-state index contributed by atoms with van der Waals surface area (Å²) in [7, 11) is 4.68. The zero-order valence-corrected chi connectivity index (χ0v) is 17.2. The highest BCUT2D eigenvalue weighted by Gasteiger charge is 2.18. The van der Waals surface area contributed by atoms with Crippen LogP contribution in [0.15, 0.2) is 30.3 Å². The van der Waals surface area contributed by atoms with Crippen molar-refractivity contribution in [3.8, 4) is 22.4 Å². The number of anilines is 3. The number of ether oxygens (including phenoxy) is 3. The number of methoxy groups -OCH3 is 3. The zero-order chi connectivity index (χ0) is 20.5. The Morgan fingerprint density at radius 1 is 1.03 bits per heavy atom. The third kappa shape index (κ3) is 3.38. The van der Waals surface area contributed by atoms with Crippen LogP contribution in [0.5, 0.6) is 17.2 Å². The molecule has 0 unspecified atom stereocenters. The van der Waals surface area contributed by atoms with E-state index in [9.17, 15) is 0 Å². The summed E-state index contributed by atoms with van der Waals surface area (Å²) in [6.07, 6.45) is 0. The van der Waals surface area contributed by atoms with Crippen LogP contribution in [0.25, 0.3) is 15.3 Å². The predicted octanol–water partition coefficient (Wildman–Crippen LogP) is 3.54. The summed E-state index contributed by atoms with van der Waals surface area (Å²) < 4.78 is 18.8. The van der Waals surface area contributed by atoms with Crippen molar-refractivity contribution in [1.82, 2.24) is 19.7 Å². The van der Waals surface area contributed by atoms with Crippen LogP contribution in [0.3, 0.4) is 0 Å². The Bertz CT molecular complexity index is 1160. The van der Waals surface area contributed by atoms with Gasteiger partial charge in [0.25, 0.3) is 0 Å². The first kappa shape index (κ1) is 18.8. The van der Waals surface area contributed by atoms with Crippen molar-refractivity contribution in [1.29, 1.82) is 0 Å². The fourth-order valence-corrected chi connectivity index (χ4v) is 3.99. The van der Waals surface area contributed by atoms with Crippen LogP contribution in [0.2, 0.25) is 0 Å². The lowest BCUT2D eigenvalue weighted by Crippen LogP contribution is -2.04. The van der Waals surface area contributed by atoms with Gasteiger partial charge in [0.15, 0.2) is 11.5 Å². The molecule has 3 N–H and O–H groups in total. The summed E-state index contributed by atoms with van der Waals surface area (Å²) in [6, 6.07) is 9.61. The van der Waals surface area contributed by atoms with E-state index in [1.54, 1.807) is 38.1 Å². The number of hydrogen-bond acceptors (Lipinski definition) is 9. The molecule has 10 heteroatoms. The number of hydrogen-bond donors (Lipinski definition) is 2. The number of thiazole rings is 1. The quantitative estimate of drug-likeness (QED) is 0.495. The van der Waals surface area contributed by atoms with Crippen LogP contribution < -0.4 is 25.3 Å². The summed E-state index contributed by atoms with van der Waals surface area (Å²) in [5, 5.41) is 8.18. The number of nitrogens with one attached hydrogen (secondary N) is 1. The maximum absolute atomic E-state index is 5.88. The molecule has 0 atom stereocenters. The first-order valence-corrected chi connectivity index (χ1v) is 9.51. The number of nitrogens with two attached hydrogens (primary N) is 1. The molecule has 0 fully saturated rings. The molecule has 0 aliphatic carbocycles. The van der Waals surface area contributed by atoms with Gasteiger partial charge in [-0.05, 0) is 18.6 Å². The van der Waals surface area contributed by atoms with Crippen LogP contribution >= 0.6 is 11.3 Å². The van der Waals surface area contributed by atoms with Crippen LogP contribution in [0.4, 0.5) is 17.6 Å². The summed E-state index contributed by atoms with van der Waals surface area (Å²) in [5.74, 6) is 2.10. The molecule has 0 aliphatic rings. The standard InChI is InChI=1S/C19H20N6O3S/c1-10-6-5-7-14-15(10)22-19(29-14)25-18(23-17(20)24-25)21-11-8-12(26-2)16(28-4)13(9-11)27-3/h5-9H,1-4H3,(H3,20,21,23,24). The number of nitrogens with zero attached hydrogens (tertiary/aromatic N) is 4. The molecule has 150 valence electrons. The molecule has 2 heterocycles. The van der Waals surface area contributed by atoms with E-state index in [1.165, 1.54) is 11.3 Å². The van der Waals surface area contributed by atoms with Crippen molar-refractivity contribution >= 4 is 39.1 Å². The molecular formula is C19H20N6O3S. The minimum atomic E-state index is 0.135. The van der Waals surface area contributed by atoms with Crippen LogP contribution in [-0.4, -0.2) is 41.1 Å². The molecule has 0 radical (unpaired) electrons. The molecule has 29 heavy (non-hydrogen) atoms. The molecule has 2 aromatic carbocycles. The molecule has 4 aromatic rings. The van der Waals surface area contributed by atoms with Crippen molar-refractivity contribution < 1.29 is 14.2 Å². The number of aryl methyl sites for hydroxylation is 1. The maximum atomic E-state index is 5.88. The van der Waals surface area contributed by atoms with Crippen molar-refractivity contribution in [3.05, 3.63) is 35.9 Å². The highest BCUT2D eigenvalue weighted by molar-refractivity contribution is 7.20. The lowest BCUT2D eigenvalue weighted by molar-refractivity contribution is 0.324. The highest BCUT2D eigenvalue weighted by atomic mass is 32.1. The van der Waals surface area contributed by atoms with Gasteiger partial charge in [0.2, 0.25) is 22.8 Å². The van der Waals surface area contributed by atoms with Gasteiger partial charge in [0, 0.05) is 17.8 Å². The second-order valence-electron chi connectivity index (χ2n) is 6.16. The molecular weight excluding hydrogens is 392 g/mol. The van der Waals surface area contributed by atoms with Gasteiger partial charge in [-0.15, -0.1) is 5.10 Å². The first-order valence-electron chi connectivity index (χ1n) is 8.70. The molecule has 0 aliphatic heterocycles. The molecule has 9 nitrogen and oxygen atoms in total. The van der Waals surface area contributed by atoms with E-state index < -0.39 is 0 Å². The lowest BCUT2D eigenvalue weighted by Gasteiger charge is -2.14. The van der Waals surface area contributed by atoms with Crippen molar-refractivity contribution in [2.45, 2.75) is 6.92 Å². The van der Waals surface area contributed by atoms with Crippen molar-refractivity contribution in [2.24, 2.45) is 0 Å². The lowest BCUT2D eigenvalue weighted by atomic mass is 10.2. The number of rotatable bonds is 6. The van der Waals surface area contributed by atoms with Gasteiger partial charge < -0.3 is 25.3 Å². The number of fused-ring (bicyclic) bond motifs is 1. The van der Waals surface area contributed by atoms with Crippen LogP contribution in [-0.2, 0) is 0 Å². The maximum Gasteiger partial charge on any atom is 0.241 e. The molecule has 0 spiro atoms. The highest BCUT2D eigenvalue weighted by Crippen LogP contribution is 2.40. The van der Waals surface area contributed by atoms with Crippen molar-refractivity contribution in [3.63, 3.8) is 0 Å². The van der Waals surface area contributed by atoms with Gasteiger partial charge >= 0.3 is 0 Å². The van der Waals surface area contributed by atoms with Crippen LogP contribution in [0, 0.1) is 6.92 Å². The van der Waals surface area contributed by atoms with Gasteiger partial charge in [-0.25, -0.2) is 4.98 Å². The number of benzene rings is 2. The fourth-order valence-electron chi connectivity index (χ4n) is 2.99. The fraction of sp³-hybridized carbons (Fsp3) is 0.211. The minimum absolute atomic E-state index is 0.135. The van der Waals surface area contributed by atoms with Crippen LogP contribution in [0.1, 0.15) is 5.56 Å². The molecule has 0 saturated heterocycles. The van der Waals surface area contributed by atoms with E-state index in [1.807, 2.05) is 25.1 Å². The summed E-state index contributed by atoms with van der Waals surface area (Å²) in [6.45, 7) is 2.02. The van der Waals surface area contributed by atoms with Gasteiger partial charge in [-0.1, -0.05) is 23.5 Å². The van der Waals surface area contributed by atoms with Gasteiger partial charge in [0.05, 0.1) is 31.5 Å². The summed E-state index contributed by atoms with van der Waals surface area (Å²) in [4.78, 5) is 9.01. The Kier molecular flexibility index (Phi) is 4.85. The van der Waals surface area contributed by atoms with Crippen molar-refractivity contribution in [2.75, 3.05) is 32.4 Å². The van der Waals surface area contributed by atoms with Gasteiger partial charge in [0.1, 0.15) is 0 Å². The monoisotopic (exact) mass is 412 g/mol. The number of para-hydroxylation sites is 1. The second kappa shape index (κ2) is 7.47. The molecule has 0 bridgehead atoms. The van der Waals surface area contributed by atoms with E-state index >= 15 is 0 Å². The smallest absolute Gasteiger partial charge is 0.241 e. The average Bonchev–Trinajstić information content (AvgIpc) is 3.31. The Morgan fingerprint density at radius 3 is 2.38 bits per heavy atom. The topological polar surface area (TPSA) is 109 Å². The largest absolute Gasteiger partial charge is 0.493 e. The zero-order valence-electron chi connectivity index (χ0n) is 16.4. The summed E-state index contributed by atoms with van der Waals surface area (Å²) in [5.41, 5.74) is 8.57.